The van der Waals surface area contributed by atoms with Crippen LogP contribution in [0.5, 0.6) is 0 Å². The average Bonchev–Trinajstić information content (AvgIpc) is 2.43. The van der Waals surface area contributed by atoms with Crippen LogP contribution in [0.25, 0.3) is 0 Å². The Balaban J connectivity index is 2.49. The number of carbonyl (C=O) groups is 1. The number of piperazine rings is 1. The zero-order valence-corrected chi connectivity index (χ0v) is 10.4. The van der Waals surface area contributed by atoms with Crippen molar-refractivity contribution in [3.63, 3.8) is 0 Å². The van der Waals surface area contributed by atoms with Crippen LogP contribution in [0.2, 0.25) is 0 Å². The number of amides is 1. The van der Waals surface area contributed by atoms with Crippen LogP contribution >= 0.6 is 0 Å². The van der Waals surface area contributed by atoms with Gasteiger partial charge in [-0.25, -0.2) is 22.0 Å². The number of hydrogen-bond acceptors (Lipinski definition) is 2. The van der Waals surface area contributed by atoms with E-state index in [0.717, 1.165) is 4.90 Å². The first kappa shape index (κ1) is 14.7. The molecule has 0 saturated carbocycles. The average molecular weight is 294 g/mol. The Labute approximate surface area is 111 Å². The highest BCUT2D eigenvalue weighted by molar-refractivity contribution is 5.95. The van der Waals surface area contributed by atoms with Crippen LogP contribution in [-0.4, -0.2) is 36.5 Å². The van der Waals surface area contributed by atoms with E-state index >= 15 is 0 Å². The van der Waals surface area contributed by atoms with E-state index in [1.54, 1.807) is 6.92 Å². The van der Waals surface area contributed by atoms with Crippen molar-refractivity contribution in [1.82, 2.24) is 10.2 Å². The molecule has 1 atom stereocenters. The third-order valence-corrected chi connectivity index (χ3v) is 3.19. The molecule has 0 spiro atoms. The molecule has 1 aliphatic rings. The van der Waals surface area contributed by atoms with E-state index in [-0.39, 0.29) is 6.54 Å². The first-order valence-electron chi connectivity index (χ1n) is 5.89. The van der Waals surface area contributed by atoms with Gasteiger partial charge in [0.2, 0.25) is 5.82 Å². The summed E-state index contributed by atoms with van der Waals surface area (Å²) in [5.41, 5.74) is -1.41. The molecule has 1 fully saturated rings. The maximum absolute atomic E-state index is 13.6. The maximum atomic E-state index is 13.6. The summed E-state index contributed by atoms with van der Waals surface area (Å²) >= 11 is 0. The molecule has 0 aliphatic carbocycles. The van der Waals surface area contributed by atoms with E-state index in [0.29, 0.717) is 13.1 Å². The standard InChI is InChI=1S/C12H11F5N2O/c1-5-4-18-2-3-19(5)12(20)6-7(13)9(15)11(17)10(16)8(6)14/h5,18H,2-4H2,1H3/t5-/m1/s1. The zero-order valence-electron chi connectivity index (χ0n) is 10.4. The molecule has 0 unspecified atom stereocenters. The van der Waals surface area contributed by atoms with Gasteiger partial charge >= 0.3 is 0 Å². The summed E-state index contributed by atoms with van der Waals surface area (Å²) in [7, 11) is 0. The van der Waals surface area contributed by atoms with Crippen molar-refractivity contribution in [2.45, 2.75) is 13.0 Å². The number of benzene rings is 1. The van der Waals surface area contributed by atoms with E-state index in [4.69, 9.17) is 0 Å². The Morgan fingerprint density at radius 2 is 1.55 bits per heavy atom. The van der Waals surface area contributed by atoms with Gasteiger partial charge in [0.15, 0.2) is 23.3 Å². The number of carbonyl (C=O) groups excluding carboxylic acids is 1. The molecule has 1 aromatic rings. The van der Waals surface area contributed by atoms with E-state index in [9.17, 15) is 26.7 Å². The number of rotatable bonds is 1. The first-order chi connectivity index (χ1) is 9.36. The molecule has 3 nitrogen and oxygen atoms in total. The van der Waals surface area contributed by atoms with Gasteiger partial charge < -0.3 is 10.2 Å². The highest BCUT2D eigenvalue weighted by atomic mass is 19.2. The van der Waals surface area contributed by atoms with Crippen molar-refractivity contribution in [2.75, 3.05) is 19.6 Å². The summed E-state index contributed by atoms with van der Waals surface area (Å²) in [6.45, 7) is 2.49. The van der Waals surface area contributed by atoms with E-state index in [1.165, 1.54) is 0 Å². The van der Waals surface area contributed by atoms with E-state index in [2.05, 4.69) is 5.32 Å². The molecular weight excluding hydrogens is 283 g/mol. The lowest BCUT2D eigenvalue weighted by Crippen LogP contribution is -2.52. The predicted molar refractivity (Wildman–Crippen MR) is 59.6 cm³/mol. The molecular formula is C12H11F5N2O. The largest absolute Gasteiger partial charge is 0.333 e. The lowest BCUT2D eigenvalue weighted by molar-refractivity contribution is 0.0642. The van der Waals surface area contributed by atoms with Crippen LogP contribution in [0.3, 0.4) is 0 Å². The van der Waals surface area contributed by atoms with Crippen LogP contribution in [-0.2, 0) is 0 Å². The smallest absolute Gasteiger partial charge is 0.260 e. The fourth-order valence-corrected chi connectivity index (χ4v) is 2.08. The molecule has 1 amide bonds. The number of nitrogens with one attached hydrogen (secondary N) is 1. The Kier molecular flexibility index (Phi) is 3.94. The predicted octanol–water partition coefficient (Wildman–Crippen LogP) is 1.82. The molecule has 1 heterocycles. The van der Waals surface area contributed by atoms with Crippen molar-refractivity contribution in [3.05, 3.63) is 34.6 Å². The molecule has 20 heavy (non-hydrogen) atoms. The second kappa shape index (κ2) is 5.35. The van der Waals surface area contributed by atoms with Crippen LogP contribution < -0.4 is 5.32 Å². The van der Waals surface area contributed by atoms with Gasteiger partial charge in [0.25, 0.3) is 5.91 Å². The van der Waals surface area contributed by atoms with Gasteiger partial charge in [-0.2, -0.15) is 0 Å². The highest BCUT2D eigenvalue weighted by Crippen LogP contribution is 2.25. The fourth-order valence-electron chi connectivity index (χ4n) is 2.08. The lowest BCUT2D eigenvalue weighted by Gasteiger charge is -2.34. The van der Waals surface area contributed by atoms with Crippen LogP contribution in [0.15, 0.2) is 0 Å². The second-order valence-corrected chi connectivity index (χ2v) is 4.50. The molecule has 1 aromatic carbocycles. The first-order valence-corrected chi connectivity index (χ1v) is 5.89. The molecule has 2 rings (SSSR count). The molecule has 0 bridgehead atoms. The van der Waals surface area contributed by atoms with Gasteiger partial charge in [0, 0.05) is 25.7 Å². The molecule has 1 saturated heterocycles. The topological polar surface area (TPSA) is 32.3 Å². The third-order valence-electron chi connectivity index (χ3n) is 3.19. The fraction of sp³-hybridized carbons (Fsp3) is 0.417. The number of hydrogen-bond donors (Lipinski definition) is 1. The minimum absolute atomic E-state index is 0.124. The monoisotopic (exact) mass is 294 g/mol. The normalized spacial score (nSPS) is 19.3. The summed E-state index contributed by atoms with van der Waals surface area (Å²) in [6, 6.07) is -0.411. The summed E-state index contributed by atoms with van der Waals surface area (Å²) in [6.07, 6.45) is 0. The van der Waals surface area contributed by atoms with Crippen molar-refractivity contribution >= 4 is 5.91 Å². The molecule has 8 heteroatoms. The molecule has 1 aliphatic heterocycles. The van der Waals surface area contributed by atoms with Gasteiger partial charge in [0.1, 0.15) is 5.56 Å². The van der Waals surface area contributed by atoms with Gasteiger partial charge in [-0.1, -0.05) is 0 Å². The Bertz CT molecular complexity index is 534. The SMILES string of the molecule is C[C@@H]1CNCCN1C(=O)c1c(F)c(F)c(F)c(F)c1F. The summed E-state index contributed by atoms with van der Waals surface area (Å²) < 4.78 is 66.2. The minimum atomic E-state index is -2.27. The highest BCUT2D eigenvalue weighted by Gasteiger charge is 2.34. The van der Waals surface area contributed by atoms with Crippen molar-refractivity contribution < 1.29 is 26.7 Å². The summed E-state index contributed by atoms with van der Waals surface area (Å²) in [5, 5.41) is 2.94. The lowest BCUT2D eigenvalue weighted by atomic mass is 10.1. The maximum Gasteiger partial charge on any atom is 0.260 e. The van der Waals surface area contributed by atoms with Gasteiger partial charge in [-0.15, -0.1) is 0 Å². The van der Waals surface area contributed by atoms with Crippen molar-refractivity contribution in [3.8, 4) is 0 Å². The van der Waals surface area contributed by atoms with Crippen molar-refractivity contribution in [1.29, 1.82) is 0 Å². The van der Waals surface area contributed by atoms with Gasteiger partial charge in [-0.05, 0) is 6.92 Å². The third kappa shape index (κ3) is 2.24. The van der Waals surface area contributed by atoms with Crippen LogP contribution in [0.4, 0.5) is 22.0 Å². The van der Waals surface area contributed by atoms with Crippen LogP contribution in [0.1, 0.15) is 17.3 Å². The van der Waals surface area contributed by atoms with Gasteiger partial charge in [-0.3, -0.25) is 4.79 Å². The molecule has 0 radical (unpaired) electrons. The quantitative estimate of drug-likeness (QED) is 0.487. The Hall–Kier alpha value is -1.70. The molecule has 0 aromatic heterocycles. The summed E-state index contributed by atoms with van der Waals surface area (Å²) in [4.78, 5) is 13.1. The zero-order chi connectivity index (χ0) is 15.0. The number of nitrogens with zero attached hydrogens (tertiary/aromatic N) is 1. The van der Waals surface area contributed by atoms with Crippen molar-refractivity contribution in [2.24, 2.45) is 0 Å². The van der Waals surface area contributed by atoms with Crippen LogP contribution in [0, 0.1) is 29.1 Å². The van der Waals surface area contributed by atoms with Gasteiger partial charge in [0.05, 0.1) is 0 Å². The number of halogens is 5. The molecule has 110 valence electrons. The second-order valence-electron chi connectivity index (χ2n) is 4.50. The Morgan fingerprint density at radius 1 is 1.05 bits per heavy atom. The molecule has 1 N–H and O–H groups in total. The van der Waals surface area contributed by atoms with E-state index < -0.39 is 46.6 Å². The Morgan fingerprint density at radius 3 is 2.05 bits per heavy atom. The summed E-state index contributed by atoms with van der Waals surface area (Å²) in [5.74, 6) is -11.9. The van der Waals surface area contributed by atoms with E-state index in [1.807, 2.05) is 0 Å². The minimum Gasteiger partial charge on any atom is -0.333 e.